The predicted octanol–water partition coefficient (Wildman–Crippen LogP) is 6.51. The van der Waals surface area contributed by atoms with Crippen molar-refractivity contribution in [3.05, 3.63) is 69.9 Å². The van der Waals surface area contributed by atoms with Gasteiger partial charge in [-0.3, -0.25) is 9.69 Å². The van der Waals surface area contributed by atoms with Gasteiger partial charge in [-0.05, 0) is 65.7 Å². The molecule has 0 unspecified atom stereocenters. The Labute approximate surface area is 243 Å². The van der Waals surface area contributed by atoms with Gasteiger partial charge in [-0.1, -0.05) is 47.1 Å². The minimum absolute atomic E-state index is 0.00680. The van der Waals surface area contributed by atoms with Gasteiger partial charge >= 0.3 is 12.2 Å². The Hall–Kier alpha value is -3.25. The molecule has 5 rings (SSSR count). The smallest absolute Gasteiger partial charge is 0.435 e. The molecule has 0 N–H and O–H groups in total. The van der Waals surface area contributed by atoms with Crippen LogP contribution >= 0.6 is 47.2 Å². The number of hydrogen-bond acceptors (Lipinski definition) is 8. The lowest BCUT2D eigenvalue weighted by Crippen LogP contribution is -2.41. The number of carbonyl (C=O) groups is 3. The van der Waals surface area contributed by atoms with Crippen molar-refractivity contribution in [3.63, 3.8) is 0 Å². The molecule has 1 aromatic heterocycles. The fraction of sp³-hybridized carbons (Fsp3) is 0.231. The van der Waals surface area contributed by atoms with Gasteiger partial charge in [-0.15, -0.1) is 5.06 Å². The fourth-order valence-electron chi connectivity index (χ4n) is 4.17. The number of anilines is 1. The standard InChI is InChI=1S/C26H21Cl2N3O6S2/c1-29(24(33)36-12-15-8-18(27)11-19(28)9-15)21-13-35-22-3-2-17(10-20(21)22)16-4-6-30(7-5-16)25(34)37-31-23(32)14-39-26(31)38/h2-4,8-11,13H,5-7,12,14H2,1H3. The molecule has 0 atom stereocenters. The molecule has 0 aliphatic carbocycles. The van der Waals surface area contributed by atoms with Crippen LogP contribution in [0.2, 0.25) is 10.0 Å². The second kappa shape index (κ2) is 11.5. The van der Waals surface area contributed by atoms with Gasteiger partial charge in [0.2, 0.25) is 0 Å². The number of hydrogen-bond donors (Lipinski definition) is 0. The first kappa shape index (κ1) is 27.3. The highest BCUT2D eigenvalue weighted by Crippen LogP contribution is 2.33. The van der Waals surface area contributed by atoms with Crippen molar-refractivity contribution in [2.75, 3.05) is 30.8 Å². The van der Waals surface area contributed by atoms with Crippen LogP contribution in [0.25, 0.3) is 16.5 Å². The van der Waals surface area contributed by atoms with E-state index in [9.17, 15) is 14.4 Å². The Bertz CT molecular complexity index is 1490. The molecule has 0 saturated carbocycles. The molecule has 39 heavy (non-hydrogen) atoms. The van der Waals surface area contributed by atoms with Crippen molar-refractivity contribution in [1.29, 1.82) is 0 Å². The molecular weight excluding hydrogens is 585 g/mol. The Kier molecular flexibility index (Phi) is 8.03. The first-order chi connectivity index (χ1) is 18.7. The van der Waals surface area contributed by atoms with E-state index in [1.807, 2.05) is 24.3 Å². The van der Waals surface area contributed by atoms with Crippen LogP contribution in [-0.4, -0.2) is 58.3 Å². The molecule has 13 heteroatoms. The second-order valence-corrected chi connectivity index (χ2v) is 11.2. The minimum Gasteiger partial charge on any atom is -0.462 e. The number of thioether (sulfide) groups is 1. The summed E-state index contributed by atoms with van der Waals surface area (Å²) >= 11 is 18.3. The molecule has 202 valence electrons. The lowest BCUT2D eigenvalue weighted by atomic mass is 9.98. The van der Waals surface area contributed by atoms with E-state index >= 15 is 0 Å². The van der Waals surface area contributed by atoms with Crippen molar-refractivity contribution in [2.24, 2.45) is 0 Å². The summed E-state index contributed by atoms with van der Waals surface area (Å²) in [5, 5.41) is 2.52. The number of rotatable bonds is 5. The van der Waals surface area contributed by atoms with Crippen molar-refractivity contribution in [3.8, 4) is 0 Å². The van der Waals surface area contributed by atoms with E-state index < -0.39 is 12.2 Å². The number of hydroxylamine groups is 2. The van der Waals surface area contributed by atoms with E-state index in [4.69, 9.17) is 49.4 Å². The van der Waals surface area contributed by atoms with E-state index in [-0.39, 0.29) is 22.6 Å². The predicted molar refractivity (Wildman–Crippen MR) is 154 cm³/mol. The van der Waals surface area contributed by atoms with Crippen LogP contribution in [0.1, 0.15) is 17.5 Å². The number of benzene rings is 2. The van der Waals surface area contributed by atoms with Crippen LogP contribution in [-0.2, 0) is 21.0 Å². The van der Waals surface area contributed by atoms with Crippen molar-refractivity contribution in [1.82, 2.24) is 9.96 Å². The van der Waals surface area contributed by atoms with Gasteiger partial charge in [0.15, 0.2) is 4.32 Å². The SMILES string of the molecule is CN(C(=O)OCc1cc(Cl)cc(Cl)c1)c1coc2ccc(C3=CCN(C(=O)ON4C(=O)CSC4=S)CC3)cc12. The third-order valence-corrected chi connectivity index (χ3v) is 7.95. The summed E-state index contributed by atoms with van der Waals surface area (Å²) in [4.78, 5) is 45.2. The molecule has 2 aromatic carbocycles. The van der Waals surface area contributed by atoms with E-state index in [2.05, 4.69) is 0 Å². The highest BCUT2D eigenvalue weighted by molar-refractivity contribution is 8.23. The van der Waals surface area contributed by atoms with Crippen molar-refractivity contribution in [2.45, 2.75) is 13.0 Å². The van der Waals surface area contributed by atoms with Crippen LogP contribution in [0.15, 0.2) is 53.2 Å². The topological polar surface area (TPSA) is 92.5 Å². The number of nitrogens with zero attached hydrogens (tertiary/aromatic N) is 3. The monoisotopic (exact) mass is 605 g/mol. The lowest BCUT2D eigenvalue weighted by Gasteiger charge is -2.27. The van der Waals surface area contributed by atoms with Gasteiger partial charge in [0.1, 0.15) is 18.5 Å². The van der Waals surface area contributed by atoms with Gasteiger partial charge in [0.05, 0.1) is 11.4 Å². The maximum Gasteiger partial charge on any atom is 0.435 e. The first-order valence-corrected chi connectivity index (χ1v) is 13.9. The first-order valence-electron chi connectivity index (χ1n) is 11.7. The molecule has 1 saturated heterocycles. The van der Waals surface area contributed by atoms with Crippen molar-refractivity contribution < 1.29 is 28.4 Å². The molecule has 3 amide bonds. The number of fused-ring (bicyclic) bond motifs is 1. The molecule has 9 nitrogen and oxygen atoms in total. The summed E-state index contributed by atoms with van der Waals surface area (Å²) in [5.74, 6) is -0.184. The number of thiocarbonyl (C=S) groups is 1. The van der Waals surface area contributed by atoms with Crippen molar-refractivity contribution >= 4 is 91.8 Å². The Balaban J connectivity index is 1.26. The average Bonchev–Trinajstić information content (AvgIpc) is 3.48. The summed E-state index contributed by atoms with van der Waals surface area (Å²) in [7, 11) is 1.60. The number of carbonyl (C=O) groups excluding carboxylic acids is 3. The molecule has 1 fully saturated rings. The van der Waals surface area contributed by atoms with Gasteiger partial charge in [0.25, 0.3) is 5.91 Å². The fourth-order valence-corrected chi connectivity index (χ4v) is 5.68. The Morgan fingerprint density at radius 3 is 2.62 bits per heavy atom. The van der Waals surface area contributed by atoms with Gasteiger partial charge in [-0.25, -0.2) is 9.59 Å². The molecule has 2 aliphatic heterocycles. The largest absolute Gasteiger partial charge is 0.462 e. The summed E-state index contributed by atoms with van der Waals surface area (Å²) in [6.07, 6.45) is 2.80. The second-order valence-electron chi connectivity index (χ2n) is 8.75. The zero-order valence-electron chi connectivity index (χ0n) is 20.5. The third kappa shape index (κ3) is 6.01. The Morgan fingerprint density at radius 2 is 1.95 bits per heavy atom. The maximum atomic E-state index is 12.8. The summed E-state index contributed by atoms with van der Waals surface area (Å²) < 4.78 is 11.3. The quantitative estimate of drug-likeness (QED) is 0.304. The van der Waals surface area contributed by atoms with Crippen LogP contribution in [0.3, 0.4) is 0 Å². The molecule has 0 spiro atoms. The summed E-state index contributed by atoms with van der Waals surface area (Å²) in [6, 6.07) is 10.7. The summed E-state index contributed by atoms with van der Waals surface area (Å²) in [5.41, 5.74) is 3.79. The summed E-state index contributed by atoms with van der Waals surface area (Å²) in [6.45, 7) is 0.724. The molecule has 2 aliphatic rings. The number of ether oxygens (including phenoxy) is 1. The molecule has 3 aromatic rings. The molecular formula is C26H21Cl2N3O6S2. The Morgan fingerprint density at radius 1 is 1.18 bits per heavy atom. The minimum atomic E-state index is -0.628. The van der Waals surface area contributed by atoms with E-state index in [1.54, 1.807) is 25.2 Å². The lowest BCUT2D eigenvalue weighted by molar-refractivity contribution is -0.146. The molecule has 0 radical (unpaired) electrons. The van der Waals surface area contributed by atoms with Crippen LogP contribution < -0.4 is 4.90 Å². The number of furan rings is 1. The van der Waals surface area contributed by atoms with E-state index in [1.165, 1.54) is 16.1 Å². The highest BCUT2D eigenvalue weighted by Gasteiger charge is 2.32. The van der Waals surface area contributed by atoms with E-state index in [0.717, 1.165) is 33.3 Å². The van der Waals surface area contributed by atoms with Crippen LogP contribution in [0, 0.1) is 0 Å². The highest BCUT2D eigenvalue weighted by atomic mass is 35.5. The normalized spacial score (nSPS) is 15.5. The number of halogens is 2. The maximum absolute atomic E-state index is 12.8. The third-order valence-electron chi connectivity index (χ3n) is 6.19. The van der Waals surface area contributed by atoms with Gasteiger partial charge < -0.3 is 18.9 Å². The molecule has 0 bridgehead atoms. The van der Waals surface area contributed by atoms with Crippen LogP contribution in [0.5, 0.6) is 0 Å². The zero-order chi connectivity index (χ0) is 27.7. The van der Waals surface area contributed by atoms with Gasteiger partial charge in [-0.2, -0.15) is 0 Å². The average molecular weight is 607 g/mol. The molecule has 3 heterocycles. The zero-order valence-corrected chi connectivity index (χ0v) is 23.7. The number of amides is 3. The van der Waals surface area contributed by atoms with Gasteiger partial charge in [0, 0.05) is 35.6 Å². The van der Waals surface area contributed by atoms with Crippen LogP contribution in [0.4, 0.5) is 15.3 Å². The van der Waals surface area contributed by atoms with E-state index in [0.29, 0.717) is 46.4 Å².